The summed E-state index contributed by atoms with van der Waals surface area (Å²) in [6.07, 6.45) is 0.0351. The fraction of sp³-hybridized carbons (Fsp3) is 0.429. The molecule has 112 valence electrons. The minimum atomic E-state index is -0.860. The van der Waals surface area contributed by atoms with Gasteiger partial charge in [-0.25, -0.2) is 0 Å². The summed E-state index contributed by atoms with van der Waals surface area (Å²) in [7, 11) is 1.73. The molecule has 5 nitrogen and oxygen atoms in total. The van der Waals surface area contributed by atoms with E-state index in [1.54, 1.807) is 11.9 Å². The predicted molar refractivity (Wildman–Crippen MR) is 81.5 cm³/mol. The van der Waals surface area contributed by atoms with Crippen molar-refractivity contribution in [3.8, 4) is 0 Å². The smallest absolute Gasteiger partial charge is 0.304 e. The molecule has 0 aromatic heterocycles. The molecule has 1 amide bonds. The van der Waals surface area contributed by atoms with E-state index in [1.807, 2.05) is 32.0 Å². The summed E-state index contributed by atoms with van der Waals surface area (Å²) in [5, 5.41) is 11.4. The molecule has 0 radical (unpaired) electrons. The van der Waals surface area contributed by atoms with E-state index in [0.717, 1.165) is 11.3 Å². The van der Waals surface area contributed by atoms with Gasteiger partial charge in [-0.05, 0) is 44.2 Å². The van der Waals surface area contributed by atoms with E-state index in [4.69, 9.17) is 5.11 Å². The van der Waals surface area contributed by atoms with E-state index >= 15 is 0 Å². The van der Waals surface area contributed by atoms with Crippen LogP contribution in [0.25, 0.3) is 0 Å². The van der Waals surface area contributed by atoms with Crippen LogP contribution in [0.3, 0.4) is 0 Å². The third-order valence-corrected chi connectivity index (χ3v) is 2.91. The van der Waals surface area contributed by atoms with Crippen molar-refractivity contribution in [3.63, 3.8) is 0 Å². The molecule has 6 heteroatoms. The first-order valence-corrected chi connectivity index (χ1v) is 6.16. The molecule has 0 spiro atoms. The molecule has 20 heavy (non-hydrogen) atoms. The van der Waals surface area contributed by atoms with E-state index in [-0.39, 0.29) is 31.3 Å². The van der Waals surface area contributed by atoms with Crippen molar-refractivity contribution >= 4 is 30.0 Å². The molecule has 0 aliphatic rings. The van der Waals surface area contributed by atoms with Gasteiger partial charge in [-0.15, -0.1) is 12.4 Å². The highest BCUT2D eigenvalue weighted by Crippen LogP contribution is 2.13. The van der Waals surface area contributed by atoms with E-state index in [9.17, 15) is 9.59 Å². The Morgan fingerprint density at radius 3 is 2.45 bits per heavy atom. The van der Waals surface area contributed by atoms with Gasteiger partial charge in [0.15, 0.2) is 0 Å². The fourth-order valence-corrected chi connectivity index (χ4v) is 1.63. The predicted octanol–water partition coefficient (Wildman–Crippen LogP) is 2.07. The van der Waals surface area contributed by atoms with Crippen molar-refractivity contribution in [2.45, 2.75) is 20.3 Å². The number of carboxylic acid groups (broad SMARTS) is 1. The van der Waals surface area contributed by atoms with Crippen LogP contribution in [0.4, 0.5) is 5.69 Å². The first-order chi connectivity index (χ1) is 8.88. The van der Waals surface area contributed by atoms with Crippen LogP contribution < -0.4 is 5.32 Å². The van der Waals surface area contributed by atoms with Crippen LogP contribution in [-0.2, 0) is 9.59 Å². The Hall–Kier alpha value is -1.59. The normalized spacial score (nSPS) is 10.0. The number of carboxylic acids is 1. The number of likely N-dealkylation sites (N-methyl/N-ethyl adjacent to an activating group) is 1. The highest BCUT2D eigenvalue weighted by molar-refractivity contribution is 5.92. The van der Waals surface area contributed by atoms with Gasteiger partial charge in [0.05, 0.1) is 13.0 Å². The maximum atomic E-state index is 11.8. The standard InChI is InChI=1S/C14H20N2O3.ClH/c1-10-4-5-12(8-11(10)2)15-13(17)9-16(3)7-6-14(18)19;/h4-5,8H,6-7,9H2,1-3H3,(H,15,17)(H,18,19);1H. The molecule has 0 aliphatic heterocycles. The number of rotatable bonds is 6. The molecular formula is C14H21ClN2O3. The largest absolute Gasteiger partial charge is 0.481 e. The average Bonchev–Trinajstić information content (AvgIpc) is 2.31. The number of aryl methyl sites for hydroxylation is 2. The fourth-order valence-electron chi connectivity index (χ4n) is 1.63. The van der Waals surface area contributed by atoms with Crippen molar-refractivity contribution in [1.82, 2.24) is 4.90 Å². The Morgan fingerprint density at radius 2 is 1.90 bits per heavy atom. The van der Waals surface area contributed by atoms with E-state index < -0.39 is 5.97 Å². The second kappa shape index (κ2) is 8.55. The minimum absolute atomic E-state index is 0. The lowest BCUT2D eigenvalue weighted by molar-refractivity contribution is -0.137. The maximum Gasteiger partial charge on any atom is 0.304 e. The summed E-state index contributed by atoms with van der Waals surface area (Å²) in [4.78, 5) is 23.9. The number of hydrogen-bond donors (Lipinski definition) is 2. The quantitative estimate of drug-likeness (QED) is 0.844. The van der Waals surface area contributed by atoms with E-state index in [0.29, 0.717) is 6.54 Å². The Balaban J connectivity index is 0.00000361. The van der Waals surface area contributed by atoms with Crippen LogP contribution in [0.15, 0.2) is 18.2 Å². The summed E-state index contributed by atoms with van der Waals surface area (Å²) >= 11 is 0. The molecule has 0 aliphatic carbocycles. The number of amides is 1. The molecule has 0 heterocycles. The molecular weight excluding hydrogens is 280 g/mol. The molecule has 0 atom stereocenters. The van der Waals surface area contributed by atoms with Gasteiger partial charge >= 0.3 is 5.97 Å². The number of hydrogen-bond acceptors (Lipinski definition) is 3. The van der Waals surface area contributed by atoms with Gasteiger partial charge in [-0.2, -0.15) is 0 Å². The SMILES string of the molecule is Cc1ccc(NC(=O)CN(C)CCC(=O)O)cc1C.Cl. The van der Waals surface area contributed by atoms with Crippen molar-refractivity contribution in [2.75, 3.05) is 25.5 Å². The Labute approximate surface area is 125 Å². The summed E-state index contributed by atoms with van der Waals surface area (Å²) < 4.78 is 0. The number of carbonyl (C=O) groups is 2. The van der Waals surface area contributed by atoms with Crippen LogP contribution in [-0.4, -0.2) is 42.0 Å². The van der Waals surface area contributed by atoms with Crippen LogP contribution >= 0.6 is 12.4 Å². The minimum Gasteiger partial charge on any atom is -0.481 e. The van der Waals surface area contributed by atoms with Gasteiger partial charge in [0, 0.05) is 12.2 Å². The zero-order valence-corrected chi connectivity index (χ0v) is 12.8. The average molecular weight is 301 g/mol. The topological polar surface area (TPSA) is 69.6 Å². The lowest BCUT2D eigenvalue weighted by Crippen LogP contribution is -2.31. The van der Waals surface area contributed by atoms with Crippen molar-refractivity contribution in [1.29, 1.82) is 0 Å². The third kappa shape index (κ3) is 6.54. The number of anilines is 1. The number of carbonyl (C=O) groups excluding carboxylic acids is 1. The third-order valence-electron chi connectivity index (χ3n) is 2.91. The van der Waals surface area contributed by atoms with Crippen LogP contribution in [0, 0.1) is 13.8 Å². The second-order valence-corrected chi connectivity index (χ2v) is 4.73. The number of aliphatic carboxylic acids is 1. The highest BCUT2D eigenvalue weighted by atomic mass is 35.5. The van der Waals surface area contributed by atoms with Crippen molar-refractivity contribution in [3.05, 3.63) is 29.3 Å². The summed E-state index contributed by atoms with van der Waals surface area (Å²) in [6, 6.07) is 5.74. The van der Waals surface area contributed by atoms with Gasteiger partial charge in [-0.3, -0.25) is 14.5 Å². The summed E-state index contributed by atoms with van der Waals surface area (Å²) in [5.41, 5.74) is 3.06. The Kier molecular flexibility index (Phi) is 7.87. The first kappa shape index (κ1) is 18.4. The molecule has 1 rings (SSSR count). The van der Waals surface area contributed by atoms with Crippen LogP contribution in [0.1, 0.15) is 17.5 Å². The van der Waals surface area contributed by atoms with E-state index in [2.05, 4.69) is 5.32 Å². The van der Waals surface area contributed by atoms with Crippen molar-refractivity contribution < 1.29 is 14.7 Å². The molecule has 2 N–H and O–H groups in total. The number of nitrogens with zero attached hydrogens (tertiary/aromatic N) is 1. The molecule has 0 bridgehead atoms. The highest BCUT2D eigenvalue weighted by Gasteiger charge is 2.08. The molecule has 1 aromatic rings. The molecule has 0 unspecified atom stereocenters. The van der Waals surface area contributed by atoms with Gasteiger partial charge in [-0.1, -0.05) is 6.07 Å². The van der Waals surface area contributed by atoms with Crippen molar-refractivity contribution in [2.24, 2.45) is 0 Å². The molecule has 1 aromatic carbocycles. The molecule has 0 fully saturated rings. The second-order valence-electron chi connectivity index (χ2n) is 4.73. The summed E-state index contributed by atoms with van der Waals surface area (Å²) in [6.45, 7) is 4.54. The zero-order chi connectivity index (χ0) is 14.4. The lowest BCUT2D eigenvalue weighted by Gasteiger charge is -2.15. The van der Waals surface area contributed by atoms with Crippen LogP contribution in [0.2, 0.25) is 0 Å². The Bertz CT molecular complexity index is 477. The van der Waals surface area contributed by atoms with Gasteiger partial charge < -0.3 is 10.4 Å². The number of nitrogens with one attached hydrogen (secondary N) is 1. The maximum absolute atomic E-state index is 11.8. The van der Waals surface area contributed by atoms with Gasteiger partial charge in [0.2, 0.25) is 5.91 Å². The van der Waals surface area contributed by atoms with Gasteiger partial charge in [0.25, 0.3) is 0 Å². The van der Waals surface area contributed by atoms with Crippen LogP contribution in [0.5, 0.6) is 0 Å². The van der Waals surface area contributed by atoms with Gasteiger partial charge in [0.1, 0.15) is 0 Å². The monoisotopic (exact) mass is 300 g/mol. The van der Waals surface area contributed by atoms with E-state index in [1.165, 1.54) is 5.56 Å². The number of benzene rings is 1. The Morgan fingerprint density at radius 1 is 1.25 bits per heavy atom. The molecule has 0 saturated carbocycles. The first-order valence-electron chi connectivity index (χ1n) is 6.16. The lowest BCUT2D eigenvalue weighted by atomic mass is 10.1. The summed E-state index contributed by atoms with van der Waals surface area (Å²) in [5.74, 6) is -1.00. The zero-order valence-electron chi connectivity index (χ0n) is 12.0. The number of halogens is 1. The molecule has 0 saturated heterocycles.